The Morgan fingerprint density at radius 1 is 1.00 bits per heavy atom. The Morgan fingerprint density at radius 3 is 2.34 bits per heavy atom. The van der Waals surface area contributed by atoms with Gasteiger partial charge in [0.15, 0.2) is 4.91 Å². The van der Waals surface area contributed by atoms with Crippen LogP contribution >= 0.6 is 11.6 Å². The molecule has 6 nitrogen and oxygen atoms in total. The third kappa shape index (κ3) is 4.22. The van der Waals surface area contributed by atoms with Gasteiger partial charge in [0, 0.05) is 23.2 Å². The van der Waals surface area contributed by atoms with Gasteiger partial charge in [0.1, 0.15) is 12.4 Å². The average Bonchev–Trinajstić information content (AvgIpc) is 2.80. The smallest absolute Gasteiger partial charge is 0.270 e. The van der Waals surface area contributed by atoms with E-state index in [9.17, 15) is 13.2 Å². The van der Waals surface area contributed by atoms with Crippen molar-refractivity contribution in [3.05, 3.63) is 99.9 Å². The molecule has 0 radical (unpaired) electrons. The molecule has 32 heavy (non-hydrogen) atoms. The number of para-hydroxylation sites is 1. The molecule has 1 aliphatic rings. The first-order valence-electron chi connectivity index (χ1n) is 9.94. The van der Waals surface area contributed by atoms with Crippen LogP contribution in [0.5, 0.6) is 5.75 Å². The minimum atomic E-state index is -4.10. The Bertz CT molecular complexity index is 1280. The lowest BCUT2D eigenvalue weighted by Crippen LogP contribution is -2.40. The minimum Gasteiger partial charge on any atom is -0.492 e. The Morgan fingerprint density at radius 2 is 1.66 bits per heavy atom. The van der Waals surface area contributed by atoms with E-state index in [1.807, 2.05) is 24.3 Å². The highest BCUT2D eigenvalue weighted by atomic mass is 35.5. The van der Waals surface area contributed by atoms with Gasteiger partial charge in [-0.2, -0.15) is 0 Å². The van der Waals surface area contributed by atoms with E-state index in [1.165, 1.54) is 7.05 Å². The highest BCUT2D eigenvalue weighted by Crippen LogP contribution is 2.43. The molecule has 3 aromatic rings. The molecule has 0 saturated heterocycles. The summed E-state index contributed by atoms with van der Waals surface area (Å²) in [5.74, 6) is -0.0301. The number of fused-ring (bicyclic) bond motifs is 1. The van der Waals surface area contributed by atoms with Crippen molar-refractivity contribution in [3.63, 3.8) is 0 Å². The monoisotopic (exact) mass is 468 g/mol. The quantitative estimate of drug-likeness (QED) is 0.553. The van der Waals surface area contributed by atoms with Crippen molar-refractivity contribution in [1.82, 2.24) is 5.32 Å². The number of carbonyl (C=O) groups excluding carboxylic acids is 1. The van der Waals surface area contributed by atoms with Crippen LogP contribution in [0.2, 0.25) is 5.02 Å². The molecule has 164 valence electrons. The first kappa shape index (κ1) is 21.9. The van der Waals surface area contributed by atoms with Gasteiger partial charge in [0.25, 0.3) is 15.9 Å². The van der Waals surface area contributed by atoms with Gasteiger partial charge in [0.05, 0.1) is 12.2 Å². The van der Waals surface area contributed by atoms with Crippen LogP contribution < -0.4 is 14.4 Å². The van der Waals surface area contributed by atoms with Crippen LogP contribution in [0, 0.1) is 0 Å². The average molecular weight is 469 g/mol. The molecule has 0 saturated carbocycles. The zero-order chi connectivity index (χ0) is 22.7. The molecule has 1 aliphatic heterocycles. The predicted molar refractivity (Wildman–Crippen MR) is 126 cm³/mol. The van der Waals surface area contributed by atoms with Gasteiger partial charge in [-0.25, -0.2) is 8.42 Å². The van der Waals surface area contributed by atoms with E-state index in [0.29, 0.717) is 33.2 Å². The largest absolute Gasteiger partial charge is 0.492 e. The lowest BCUT2D eigenvalue weighted by atomic mass is 9.95. The first-order valence-corrected chi connectivity index (χ1v) is 11.8. The number of halogens is 1. The van der Waals surface area contributed by atoms with Crippen molar-refractivity contribution in [2.75, 3.05) is 24.5 Å². The second-order valence-corrected chi connectivity index (χ2v) is 9.46. The minimum absolute atomic E-state index is 0.140. The molecule has 8 heteroatoms. The lowest BCUT2D eigenvalue weighted by Gasteiger charge is -2.31. The molecule has 1 heterocycles. The maximum atomic E-state index is 13.4. The SMILES string of the molecule is CN1c2ccc(Cl)cc2C(c2ccccc2)=C(C(=O)NCCOc2ccccc2)S1(=O)=O. The lowest BCUT2D eigenvalue weighted by molar-refractivity contribution is -0.116. The molecular formula is C24H21ClN2O4S. The fraction of sp³-hybridized carbons (Fsp3) is 0.125. The number of ether oxygens (including phenoxy) is 1. The van der Waals surface area contributed by atoms with Crippen molar-refractivity contribution in [3.8, 4) is 5.75 Å². The number of nitrogens with one attached hydrogen (secondary N) is 1. The molecular weight excluding hydrogens is 448 g/mol. The zero-order valence-electron chi connectivity index (χ0n) is 17.3. The van der Waals surface area contributed by atoms with Crippen molar-refractivity contribution in [1.29, 1.82) is 0 Å². The maximum absolute atomic E-state index is 13.4. The van der Waals surface area contributed by atoms with E-state index < -0.39 is 15.9 Å². The standard InChI is InChI=1S/C24H21ClN2O4S/c1-27-21-13-12-18(25)16-20(21)22(17-8-4-2-5-9-17)23(32(27,29)30)24(28)26-14-15-31-19-10-6-3-7-11-19/h2-13,16H,14-15H2,1H3,(H,26,28). The van der Waals surface area contributed by atoms with E-state index in [-0.39, 0.29) is 18.1 Å². The second kappa shape index (κ2) is 9.06. The molecule has 0 aromatic heterocycles. The number of sulfonamides is 1. The number of anilines is 1. The zero-order valence-corrected chi connectivity index (χ0v) is 18.9. The molecule has 0 bridgehead atoms. The summed E-state index contributed by atoms with van der Waals surface area (Å²) in [6, 6.07) is 23.1. The van der Waals surface area contributed by atoms with Crippen molar-refractivity contribution in [2.45, 2.75) is 0 Å². The molecule has 0 atom stereocenters. The number of amides is 1. The predicted octanol–water partition coefficient (Wildman–Crippen LogP) is 4.07. The summed E-state index contributed by atoms with van der Waals surface area (Å²) in [4.78, 5) is 12.9. The third-order valence-electron chi connectivity index (χ3n) is 5.08. The van der Waals surface area contributed by atoms with Gasteiger partial charge >= 0.3 is 0 Å². The number of benzene rings is 3. The summed E-state index contributed by atoms with van der Waals surface area (Å²) in [7, 11) is -2.67. The van der Waals surface area contributed by atoms with Gasteiger partial charge in [-0.05, 0) is 35.9 Å². The Balaban J connectivity index is 1.72. The maximum Gasteiger partial charge on any atom is 0.270 e. The van der Waals surface area contributed by atoms with Crippen LogP contribution in [0.15, 0.2) is 83.8 Å². The summed E-state index contributed by atoms with van der Waals surface area (Å²) in [6.45, 7) is 0.336. The van der Waals surface area contributed by atoms with E-state index in [0.717, 1.165) is 4.31 Å². The van der Waals surface area contributed by atoms with Gasteiger partial charge in [-0.15, -0.1) is 0 Å². The van der Waals surface area contributed by atoms with Gasteiger partial charge in [0.2, 0.25) is 0 Å². The molecule has 0 unspecified atom stereocenters. The Kier molecular flexibility index (Phi) is 6.21. The molecule has 1 N–H and O–H groups in total. The van der Waals surface area contributed by atoms with E-state index in [1.54, 1.807) is 54.6 Å². The number of hydrogen-bond donors (Lipinski definition) is 1. The van der Waals surface area contributed by atoms with Crippen LogP contribution in [-0.4, -0.2) is 34.5 Å². The van der Waals surface area contributed by atoms with Crippen LogP contribution in [0.25, 0.3) is 5.57 Å². The van der Waals surface area contributed by atoms with Gasteiger partial charge in [-0.1, -0.05) is 60.1 Å². The number of rotatable bonds is 6. The van der Waals surface area contributed by atoms with Crippen LogP contribution in [-0.2, 0) is 14.8 Å². The molecule has 0 fully saturated rings. The van der Waals surface area contributed by atoms with Gasteiger partial charge in [-0.3, -0.25) is 9.10 Å². The van der Waals surface area contributed by atoms with Crippen molar-refractivity contribution in [2.24, 2.45) is 0 Å². The highest BCUT2D eigenvalue weighted by Gasteiger charge is 2.39. The summed E-state index contributed by atoms with van der Waals surface area (Å²) >= 11 is 6.23. The first-order chi connectivity index (χ1) is 15.4. The molecule has 0 spiro atoms. The van der Waals surface area contributed by atoms with Gasteiger partial charge < -0.3 is 10.1 Å². The molecule has 4 rings (SSSR count). The number of nitrogens with zero attached hydrogens (tertiary/aromatic N) is 1. The molecule has 0 aliphatic carbocycles. The van der Waals surface area contributed by atoms with Crippen LogP contribution in [0.1, 0.15) is 11.1 Å². The normalized spacial score (nSPS) is 14.6. The topological polar surface area (TPSA) is 75.7 Å². The second-order valence-electron chi connectivity index (χ2n) is 7.12. The van der Waals surface area contributed by atoms with E-state index in [4.69, 9.17) is 16.3 Å². The fourth-order valence-electron chi connectivity index (χ4n) is 3.55. The van der Waals surface area contributed by atoms with Crippen molar-refractivity contribution < 1.29 is 17.9 Å². The van der Waals surface area contributed by atoms with E-state index in [2.05, 4.69) is 5.32 Å². The Hall–Kier alpha value is -3.29. The highest BCUT2D eigenvalue weighted by molar-refractivity contribution is 7.97. The summed E-state index contributed by atoms with van der Waals surface area (Å²) < 4.78 is 33.5. The summed E-state index contributed by atoms with van der Waals surface area (Å²) in [5.41, 5.74) is 1.96. The van der Waals surface area contributed by atoms with Crippen LogP contribution in [0.4, 0.5) is 5.69 Å². The fourth-order valence-corrected chi connectivity index (χ4v) is 5.21. The Labute approximate surface area is 192 Å². The summed E-state index contributed by atoms with van der Waals surface area (Å²) in [5, 5.41) is 3.13. The number of hydrogen-bond acceptors (Lipinski definition) is 4. The number of carbonyl (C=O) groups is 1. The van der Waals surface area contributed by atoms with Crippen LogP contribution in [0.3, 0.4) is 0 Å². The summed E-state index contributed by atoms with van der Waals surface area (Å²) in [6.07, 6.45) is 0. The van der Waals surface area contributed by atoms with E-state index >= 15 is 0 Å². The molecule has 3 aromatic carbocycles. The molecule has 1 amide bonds. The third-order valence-corrected chi connectivity index (χ3v) is 7.14. The van der Waals surface area contributed by atoms with Crippen molar-refractivity contribution >= 4 is 38.8 Å².